The van der Waals surface area contributed by atoms with Crippen molar-refractivity contribution in [1.29, 1.82) is 0 Å². The summed E-state index contributed by atoms with van der Waals surface area (Å²) in [5.41, 5.74) is 0.952. The number of anilines is 1. The molecule has 1 heterocycles. The topological polar surface area (TPSA) is 113 Å². The Labute approximate surface area is 148 Å². The summed E-state index contributed by atoms with van der Waals surface area (Å²) in [4.78, 5) is 23.2. The predicted octanol–water partition coefficient (Wildman–Crippen LogP) is 1.89. The monoisotopic (exact) mass is 380 g/mol. The molecule has 7 nitrogen and oxygen atoms in total. The molecule has 3 N–H and O–H groups in total. The Kier molecular flexibility index (Phi) is 4.72. The third-order valence-corrected chi connectivity index (χ3v) is 6.16. The number of aliphatic carboxylic acids is 1. The molecule has 1 unspecified atom stereocenters. The van der Waals surface area contributed by atoms with Crippen molar-refractivity contribution in [1.82, 2.24) is 4.72 Å². The van der Waals surface area contributed by atoms with Crippen LogP contribution >= 0.6 is 11.8 Å². The molecule has 132 valence electrons. The highest BCUT2D eigenvalue weighted by molar-refractivity contribution is 7.98. The lowest BCUT2D eigenvalue weighted by Gasteiger charge is -2.15. The van der Waals surface area contributed by atoms with Crippen molar-refractivity contribution in [3.8, 4) is 0 Å². The Morgan fingerprint density at radius 2 is 2.08 bits per heavy atom. The number of sulfonamides is 1. The van der Waals surface area contributed by atoms with Gasteiger partial charge in [-0.1, -0.05) is 12.1 Å². The van der Waals surface area contributed by atoms with Crippen LogP contribution in [0.3, 0.4) is 0 Å². The van der Waals surface area contributed by atoms with Crippen LogP contribution in [0.15, 0.2) is 35.2 Å². The second-order valence-electron chi connectivity index (χ2n) is 5.59. The molecule has 0 aliphatic carbocycles. The largest absolute Gasteiger partial charge is 0.480 e. The molecule has 0 saturated heterocycles. The van der Waals surface area contributed by atoms with Crippen molar-refractivity contribution in [3.05, 3.63) is 35.9 Å². The molecule has 0 bridgehead atoms. The summed E-state index contributed by atoms with van der Waals surface area (Å²) in [6.45, 7) is 0. The van der Waals surface area contributed by atoms with Crippen molar-refractivity contribution >= 4 is 50.1 Å². The minimum Gasteiger partial charge on any atom is -0.480 e. The van der Waals surface area contributed by atoms with Crippen LogP contribution < -0.4 is 10.0 Å². The summed E-state index contributed by atoms with van der Waals surface area (Å²) in [6.07, 6.45) is 2.00. The number of carboxylic acid groups (broad SMARTS) is 1. The molecule has 1 aliphatic rings. The van der Waals surface area contributed by atoms with E-state index in [1.165, 1.54) is 23.9 Å². The van der Waals surface area contributed by atoms with Crippen molar-refractivity contribution in [2.24, 2.45) is 0 Å². The van der Waals surface area contributed by atoms with Gasteiger partial charge in [-0.2, -0.15) is 16.5 Å². The van der Waals surface area contributed by atoms with E-state index in [1.54, 1.807) is 18.2 Å². The lowest BCUT2D eigenvalue weighted by Crippen LogP contribution is -2.41. The van der Waals surface area contributed by atoms with Crippen LogP contribution in [-0.4, -0.2) is 43.5 Å². The van der Waals surface area contributed by atoms with E-state index in [4.69, 9.17) is 0 Å². The Bertz CT molecular complexity index is 972. The summed E-state index contributed by atoms with van der Waals surface area (Å²) < 4.78 is 27.8. The number of carbonyl (C=O) groups excluding carboxylic acids is 1. The van der Waals surface area contributed by atoms with Gasteiger partial charge in [-0.3, -0.25) is 9.59 Å². The van der Waals surface area contributed by atoms with Gasteiger partial charge in [0.2, 0.25) is 10.0 Å². The number of hydrogen-bond acceptors (Lipinski definition) is 5. The van der Waals surface area contributed by atoms with Gasteiger partial charge in [0.15, 0.2) is 0 Å². The molecule has 1 atom stereocenters. The van der Waals surface area contributed by atoms with E-state index in [9.17, 15) is 23.1 Å². The first kappa shape index (κ1) is 17.7. The number of hydrogen-bond donors (Lipinski definition) is 3. The lowest BCUT2D eigenvalue weighted by molar-refractivity contribution is -0.139. The fraction of sp³-hybridized carbons (Fsp3) is 0.250. The zero-order valence-corrected chi connectivity index (χ0v) is 14.9. The van der Waals surface area contributed by atoms with Gasteiger partial charge in [0, 0.05) is 22.0 Å². The van der Waals surface area contributed by atoms with E-state index < -0.39 is 22.0 Å². The highest BCUT2D eigenvalue weighted by Gasteiger charge is 2.29. The van der Waals surface area contributed by atoms with Crippen molar-refractivity contribution in [2.75, 3.05) is 17.3 Å². The standard InChI is InChI=1S/C16H16N2O5S2/c1-24-8-7-12(16(20)21)18-25(22,23)13-6-5-11-14-9(13)3-2-4-10(14)15(19)17-11/h2-6,12,18H,7-8H2,1H3,(H,17,19)(H,20,21). The van der Waals surface area contributed by atoms with E-state index in [0.717, 1.165) is 0 Å². The second-order valence-corrected chi connectivity index (χ2v) is 8.26. The van der Waals surface area contributed by atoms with Crippen LogP contribution in [0.25, 0.3) is 10.8 Å². The van der Waals surface area contributed by atoms with E-state index in [0.29, 0.717) is 27.8 Å². The van der Waals surface area contributed by atoms with E-state index in [1.807, 2.05) is 6.26 Å². The average molecular weight is 380 g/mol. The smallest absolute Gasteiger partial charge is 0.321 e. The number of amides is 1. The van der Waals surface area contributed by atoms with Crippen LogP contribution in [0.2, 0.25) is 0 Å². The molecule has 2 aromatic carbocycles. The second kappa shape index (κ2) is 6.66. The molecule has 0 spiro atoms. The van der Waals surface area contributed by atoms with Crippen molar-refractivity contribution in [2.45, 2.75) is 17.4 Å². The number of benzene rings is 2. The maximum absolute atomic E-state index is 12.8. The van der Waals surface area contributed by atoms with Crippen LogP contribution in [0.4, 0.5) is 5.69 Å². The van der Waals surface area contributed by atoms with Gasteiger partial charge in [0.05, 0.1) is 4.90 Å². The van der Waals surface area contributed by atoms with Crippen LogP contribution in [-0.2, 0) is 14.8 Å². The molecule has 2 aromatic rings. The Morgan fingerprint density at radius 3 is 2.76 bits per heavy atom. The third-order valence-electron chi connectivity index (χ3n) is 3.99. The quantitative estimate of drug-likeness (QED) is 0.676. The fourth-order valence-electron chi connectivity index (χ4n) is 2.82. The number of carbonyl (C=O) groups is 2. The normalized spacial score (nSPS) is 14.5. The molecular formula is C16H16N2O5S2. The summed E-state index contributed by atoms with van der Waals surface area (Å²) in [6, 6.07) is 6.52. The first-order valence-electron chi connectivity index (χ1n) is 7.46. The minimum absolute atomic E-state index is 0.0417. The fourth-order valence-corrected chi connectivity index (χ4v) is 4.72. The molecule has 0 saturated carbocycles. The summed E-state index contributed by atoms with van der Waals surface area (Å²) in [5, 5.41) is 12.9. The number of nitrogens with one attached hydrogen (secondary N) is 2. The number of thioether (sulfide) groups is 1. The van der Waals surface area contributed by atoms with Gasteiger partial charge in [-0.25, -0.2) is 8.42 Å². The van der Waals surface area contributed by atoms with Crippen molar-refractivity contribution in [3.63, 3.8) is 0 Å². The van der Waals surface area contributed by atoms with Gasteiger partial charge < -0.3 is 10.4 Å². The maximum Gasteiger partial charge on any atom is 0.321 e. The average Bonchev–Trinajstić information content (AvgIpc) is 2.89. The first-order valence-corrected chi connectivity index (χ1v) is 10.3. The lowest BCUT2D eigenvalue weighted by atomic mass is 10.1. The van der Waals surface area contributed by atoms with Gasteiger partial charge in [0.1, 0.15) is 6.04 Å². The van der Waals surface area contributed by atoms with E-state index in [2.05, 4.69) is 10.0 Å². The van der Waals surface area contributed by atoms with Gasteiger partial charge in [-0.05, 0) is 36.6 Å². The van der Waals surface area contributed by atoms with E-state index in [-0.39, 0.29) is 17.2 Å². The van der Waals surface area contributed by atoms with E-state index >= 15 is 0 Å². The summed E-state index contributed by atoms with van der Waals surface area (Å²) in [7, 11) is -4.06. The summed E-state index contributed by atoms with van der Waals surface area (Å²) >= 11 is 1.44. The minimum atomic E-state index is -4.06. The maximum atomic E-state index is 12.8. The zero-order chi connectivity index (χ0) is 18.2. The summed E-state index contributed by atoms with van der Waals surface area (Å²) in [5.74, 6) is -0.992. The van der Waals surface area contributed by atoms with Gasteiger partial charge in [-0.15, -0.1) is 0 Å². The van der Waals surface area contributed by atoms with Crippen LogP contribution in [0, 0.1) is 0 Å². The Hall–Kier alpha value is -2.10. The first-order chi connectivity index (χ1) is 11.8. The van der Waals surface area contributed by atoms with Crippen molar-refractivity contribution < 1.29 is 23.1 Å². The Balaban J connectivity index is 2.05. The molecular weight excluding hydrogens is 364 g/mol. The molecule has 9 heteroatoms. The Morgan fingerprint density at radius 1 is 1.32 bits per heavy atom. The number of rotatable bonds is 7. The molecule has 25 heavy (non-hydrogen) atoms. The zero-order valence-electron chi connectivity index (χ0n) is 13.3. The molecule has 0 fully saturated rings. The highest BCUT2D eigenvalue weighted by Crippen LogP contribution is 2.36. The van der Waals surface area contributed by atoms with Crippen LogP contribution in [0.5, 0.6) is 0 Å². The third kappa shape index (κ3) is 3.22. The van der Waals surface area contributed by atoms with Gasteiger partial charge in [0.25, 0.3) is 5.91 Å². The molecule has 1 amide bonds. The molecule has 1 aliphatic heterocycles. The van der Waals surface area contributed by atoms with Gasteiger partial charge >= 0.3 is 5.97 Å². The SMILES string of the molecule is CSCCC(NS(=O)(=O)c1ccc2c3c(cccc13)C(=O)N2)C(=O)O. The predicted molar refractivity (Wildman–Crippen MR) is 96.6 cm³/mol. The molecule has 0 radical (unpaired) electrons. The highest BCUT2D eigenvalue weighted by atomic mass is 32.2. The molecule has 3 rings (SSSR count). The number of carboxylic acids is 1. The molecule has 0 aromatic heterocycles. The van der Waals surface area contributed by atoms with Crippen LogP contribution in [0.1, 0.15) is 16.8 Å².